The summed E-state index contributed by atoms with van der Waals surface area (Å²) in [4.78, 5) is 0. The van der Waals surface area contributed by atoms with E-state index in [1.165, 1.54) is 0 Å². The lowest BCUT2D eigenvalue weighted by atomic mass is 10.1. The van der Waals surface area contributed by atoms with E-state index in [9.17, 15) is 5.11 Å². The molecule has 2 N–H and O–H groups in total. The van der Waals surface area contributed by atoms with Crippen molar-refractivity contribution < 1.29 is 14.6 Å². The maximum atomic E-state index is 9.53. The van der Waals surface area contributed by atoms with E-state index >= 15 is 0 Å². The van der Waals surface area contributed by atoms with Gasteiger partial charge in [-0.25, -0.2) is 0 Å². The van der Waals surface area contributed by atoms with Gasteiger partial charge in [0.1, 0.15) is 18.5 Å². The first-order chi connectivity index (χ1) is 8.90. The number of benzene rings is 1. The van der Waals surface area contributed by atoms with Crippen molar-refractivity contribution in [1.29, 1.82) is 0 Å². The van der Waals surface area contributed by atoms with Crippen LogP contribution >= 0.6 is 0 Å². The first-order valence-corrected chi connectivity index (χ1v) is 6.54. The highest BCUT2D eigenvalue weighted by Gasteiger charge is 2.09. The van der Waals surface area contributed by atoms with Crippen LogP contribution in [-0.2, 0) is 11.3 Å². The smallest absolute Gasteiger partial charge is 0.119 e. The van der Waals surface area contributed by atoms with Gasteiger partial charge in [-0.2, -0.15) is 0 Å². The third kappa shape index (κ3) is 7.15. The van der Waals surface area contributed by atoms with Gasteiger partial charge < -0.3 is 19.9 Å². The van der Waals surface area contributed by atoms with Gasteiger partial charge >= 0.3 is 0 Å². The molecule has 19 heavy (non-hydrogen) atoms. The van der Waals surface area contributed by atoms with Crippen LogP contribution in [0.3, 0.4) is 0 Å². The van der Waals surface area contributed by atoms with Gasteiger partial charge in [-0.15, -0.1) is 0 Å². The maximum Gasteiger partial charge on any atom is 0.119 e. The normalized spacial score (nSPS) is 13.3. The van der Waals surface area contributed by atoms with Crippen molar-refractivity contribution in [3.63, 3.8) is 0 Å². The van der Waals surface area contributed by atoms with Gasteiger partial charge in [0.25, 0.3) is 0 Å². The van der Waals surface area contributed by atoms with Gasteiger partial charge in [0.05, 0.1) is 6.61 Å². The molecule has 1 aromatic carbocycles. The zero-order chi connectivity index (χ0) is 14.3. The van der Waals surface area contributed by atoms with Crippen molar-refractivity contribution >= 4 is 0 Å². The Kier molecular flexibility index (Phi) is 6.28. The maximum absolute atomic E-state index is 9.53. The first-order valence-electron chi connectivity index (χ1n) is 6.54. The molecule has 1 aromatic rings. The van der Waals surface area contributed by atoms with Crippen LogP contribution in [0.15, 0.2) is 24.3 Å². The fourth-order valence-corrected chi connectivity index (χ4v) is 1.55. The van der Waals surface area contributed by atoms with Crippen LogP contribution in [0.25, 0.3) is 0 Å². The monoisotopic (exact) mass is 267 g/mol. The number of methoxy groups -OCH3 is 1. The van der Waals surface area contributed by atoms with Crippen LogP contribution in [-0.4, -0.2) is 37.1 Å². The molecule has 0 spiro atoms. The fraction of sp³-hybridized carbons (Fsp3) is 0.600. The average Bonchev–Trinajstić information content (AvgIpc) is 2.34. The molecule has 1 rings (SSSR count). The predicted octanol–water partition coefficient (Wildman–Crippen LogP) is 1.96. The zero-order valence-electron chi connectivity index (χ0n) is 12.3. The van der Waals surface area contributed by atoms with E-state index < -0.39 is 6.10 Å². The molecule has 1 unspecified atom stereocenters. The number of nitrogens with one attached hydrogen (secondary N) is 1. The molecule has 0 saturated carbocycles. The first kappa shape index (κ1) is 16.0. The zero-order valence-corrected chi connectivity index (χ0v) is 12.3. The van der Waals surface area contributed by atoms with E-state index in [2.05, 4.69) is 32.2 Å². The number of aliphatic hydroxyl groups is 1. The Bertz CT molecular complexity index is 374. The molecule has 0 amide bonds. The lowest BCUT2D eigenvalue weighted by Gasteiger charge is -2.20. The van der Waals surface area contributed by atoms with Crippen molar-refractivity contribution in [2.75, 3.05) is 20.3 Å². The van der Waals surface area contributed by atoms with Gasteiger partial charge in [-0.3, -0.25) is 0 Å². The van der Waals surface area contributed by atoms with E-state index in [1.54, 1.807) is 7.11 Å². The molecule has 0 heterocycles. The quantitative estimate of drug-likeness (QED) is 0.793. The highest BCUT2D eigenvalue weighted by Crippen LogP contribution is 2.14. The SMILES string of the molecule is COCC(O)COc1cccc(CNC(C)(C)C)c1. The van der Waals surface area contributed by atoms with Gasteiger partial charge in [-0.05, 0) is 38.5 Å². The molecule has 0 fully saturated rings. The summed E-state index contributed by atoms with van der Waals surface area (Å²) in [7, 11) is 1.56. The summed E-state index contributed by atoms with van der Waals surface area (Å²) in [6, 6.07) is 7.88. The van der Waals surface area contributed by atoms with Crippen LogP contribution in [0.5, 0.6) is 5.75 Å². The molecule has 0 radical (unpaired) electrons. The van der Waals surface area contributed by atoms with Crippen molar-refractivity contribution in [1.82, 2.24) is 5.32 Å². The summed E-state index contributed by atoms with van der Waals surface area (Å²) < 4.78 is 10.4. The fourth-order valence-electron chi connectivity index (χ4n) is 1.55. The van der Waals surface area contributed by atoms with Gasteiger partial charge in [-0.1, -0.05) is 12.1 Å². The highest BCUT2D eigenvalue weighted by atomic mass is 16.5. The van der Waals surface area contributed by atoms with E-state index in [4.69, 9.17) is 9.47 Å². The average molecular weight is 267 g/mol. The topological polar surface area (TPSA) is 50.7 Å². The summed E-state index contributed by atoms with van der Waals surface area (Å²) in [5, 5.41) is 13.0. The van der Waals surface area contributed by atoms with Crippen LogP contribution in [0.4, 0.5) is 0 Å². The van der Waals surface area contributed by atoms with E-state index in [-0.39, 0.29) is 18.8 Å². The van der Waals surface area contributed by atoms with Crippen molar-refractivity contribution in [2.24, 2.45) is 0 Å². The Morgan fingerprint density at radius 1 is 1.26 bits per heavy atom. The molecule has 0 aliphatic rings. The minimum atomic E-state index is -0.596. The van der Waals surface area contributed by atoms with Crippen molar-refractivity contribution in [2.45, 2.75) is 39.0 Å². The molecule has 0 bridgehead atoms. The van der Waals surface area contributed by atoms with E-state index in [0.29, 0.717) is 0 Å². The predicted molar refractivity (Wildman–Crippen MR) is 76.4 cm³/mol. The van der Waals surface area contributed by atoms with Crippen LogP contribution in [0.1, 0.15) is 26.3 Å². The van der Waals surface area contributed by atoms with E-state index in [0.717, 1.165) is 17.9 Å². The highest BCUT2D eigenvalue weighted by molar-refractivity contribution is 5.28. The third-order valence-corrected chi connectivity index (χ3v) is 2.52. The van der Waals surface area contributed by atoms with Gasteiger partial charge in [0.2, 0.25) is 0 Å². The third-order valence-electron chi connectivity index (χ3n) is 2.52. The molecule has 0 aromatic heterocycles. The van der Waals surface area contributed by atoms with Gasteiger partial charge in [0, 0.05) is 19.2 Å². The van der Waals surface area contributed by atoms with Crippen molar-refractivity contribution in [3.05, 3.63) is 29.8 Å². The number of rotatable bonds is 7. The Labute approximate surface area is 115 Å². The number of hydrogen-bond donors (Lipinski definition) is 2. The second-order valence-electron chi connectivity index (χ2n) is 5.67. The largest absolute Gasteiger partial charge is 0.491 e. The van der Waals surface area contributed by atoms with Crippen molar-refractivity contribution in [3.8, 4) is 5.75 Å². The molecular formula is C15H25NO3. The Hall–Kier alpha value is -1.10. The Morgan fingerprint density at radius 3 is 2.63 bits per heavy atom. The summed E-state index contributed by atoms with van der Waals surface area (Å²) in [6.45, 7) is 7.72. The minimum Gasteiger partial charge on any atom is -0.491 e. The van der Waals surface area contributed by atoms with Crippen LogP contribution < -0.4 is 10.1 Å². The standard InChI is InChI=1S/C15H25NO3/c1-15(2,3)16-9-12-6-5-7-14(8-12)19-11-13(17)10-18-4/h5-8,13,16-17H,9-11H2,1-4H3. The molecule has 4 heteroatoms. The summed E-state index contributed by atoms with van der Waals surface area (Å²) in [5.41, 5.74) is 1.25. The number of hydrogen-bond acceptors (Lipinski definition) is 4. The second kappa shape index (κ2) is 7.48. The molecule has 108 valence electrons. The Morgan fingerprint density at radius 2 is 2.00 bits per heavy atom. The van der Waals surface area contributed by atoms with Crippen LogP contribution in [0, 0.1) is 0 Å². The second-order valence-corrected chi connectivity index (χ2v) is 5.67. The molecule has 0 aliphatic carbocycles. The number of aliphatic hydroxyl groups excluding tert-OH is 1. The van der Waals surface area contributed by atoms with E-state index in [1.807, 2.05) is 18.2 Å². The lowest BCUT2D eigenvalue weighted by Crippen LogP contribution is -2.35. The number of ether oxygens (including phenoxy) is 2. The summed E-state index contributed by atoms with van der Waals surface area (Å²) in [6.07, 6.45) is -0.596. The van der Waals surface area contributed by atoms with Crippen LogP contribution in [0.2, 0.25) is 0 Å². The minimum absolute atomic E-state index is 0.0888. The summed E-state index contributed by atoms with van der Waals surface area (Å²) in [5.74, 6) is 0.767. The Balaban J connectivity index is 2.48. The lowest BCUT2D eigenvalue weighted by molar-refractivity contribution is 0.0325. The molecule has 4 nitrogen and oxygen atoms in total. The molecular weight excluding hydrogens is 242 g/mol. The van der Waals surface area contributed by atoms with Gasteiger partial charge in [0.15, 0.2) is 0 Å². The molecule has 0 saturated heterocycles. The summed E-state index contributed by atoms with van der Waals surface area (Å²) >= 11 is 0. The molecule has 1 atom stereocenters. The molecule has 0 aliphatic heterocycles.